The van der Waals surface area contributed by atoms with Gasteiger partial charge in [0.2, 0.25) is 0 Å². The number of aromatic nitrogens is 1. The minimum Gasteiger partial charge on any atom is -0.264 e. The van der Waals surface area contributed by atoms with Crippen LogP contribution in [0.15, 0.2) is 42.7 Å². The summed E-state index contributed by atoms with van der Waals surface area (Å²) < 4.78 is 0. The van der Waals surface area contributed by atoms with Gasteiger partial charge in [-0.05, 0) is 29.2 Å². The number of pyridine rings is 1. The number of benzene rings is 1. The first-order chi connectivity index (χ1) is 7.45. The van der Waals surface area contributed by atoms with E-state index in [0.717, 1.165) is 6.42 Å². The summed E-state index contributed by atoms with van der Waals surface area (Å²) in [5.41, 5.74) is 5.48. The van der Waals surface area contributed by atoms with E-state index < -0.39 is 0 Å². The average molecular weight is 197 g/mol. The molecule has 0 spiro atoms. The molecule has 0 bridgehead atoms. The van der Waals surface area contributed by atoms with Crippen LogP contribution in [0.1, 0.15) is 25.0 Å². The van der Waals surface area contributed by atoms with Gasteiger partial charge >= 0.3 is 0 Å². The number of hydrogen-bond donors (Lipinski definition) is 0. The summed E-state index contributed by atoms with van der Waals surface area (Å²) >= 11 is 0. The fraction of sp³-hybridized carbons (Fsp3) is 0.214. The molecule has 0 N–H and O–H groups in total. The Morgan fingerprint density at radius 1 is 0.933 bits per heavy atom. The lowest BCUT2D eigenvalue weighted by Crippen LogP contribution is -1.79. The Balaban J connectivity index is 0.000000404. The van der Waals surface area contributed by atoms with Crippen molar-refractivity contribution < 1.29 is 0 Å². The molecule has 0 amide bonds. The standard InChI is InChI=1S/C12H9N.C2H6/c1-2-4-11-9(3-1)7-10-5-6-13-8-12(10)11;1-2/h1-6,8H,7H2;1-2H3. The van der Waals surface area contributed by atoms with Crippen molar-refractivity contribution in [1.82, 2.24) is 4.98 Å². The average Bonchev–Trinajstić information content (AvgIpc) is 2.70. The lowest BCUT2D eigenvalue weighted by molar-refractivity contribution is 1.23. The van der Waals surface area contributed by atoms with E-state index in [4.69, 9.17) is 0 Å². The predicted molar refractivity (Wildman–Crippen MR) is 63.8 cm³/mol. The van der Waals surface area contributed by atoms with E-state index in [0.29, 0.717) is 0 Å². The maximum absolute atomic E-state index is 4.16. The lowest BCUT2D eigenvalue weighted by Gasteiger charge is -1.97. The highest BCUT2D eigenvalue weighted by molar-refractivity contribution is 5.75. The highest BCUT2D eigenvalue weighted by atomic mass is 14.6. The van der Waals surface area contributed by atoms with Gasteiger partial charge in [0.25, 0.3) is 0 Å². The van der Waals surface area contributed by atoms with Gasteiger partial charge in [-0.15, -0.1) is 0 Å². The van der Waals surface area contributed by atoms with Gasteiger partial charge in [-0.2, -0.15) is 0 Å². The molecule has 1 nitrogen and oxygen atoms in total. The van der Waals surface area contributed by atoms with Gasteiger partial charge in [0, 0.05) is 18.0 Å². The zero-order chi connectivity index (χ0) is 10.7. The van der Waals surface area contributed by atoms with Crippen molar-refractivity contribution in [3.8, 4) is 11.1 Å². The normalized spacial score (nSPS) is 11.1. The second-order valence-corrected chi connectivity index (χ2v) is 3.37. The molecule has 0 saturated carbocycles. The number of hydrogen-bond acceptors (Lipinski definition) is 1. The van der Waals surface area contributed by atoms with Crippen LogP contribution < -0.4 is 0 Å². The highest BCUT2D eigenvalue weighted by Crippen LogP contribution is 2.34. The van der Waals surface area contributed by atoms with Crippen molar-refractivity contribution >= 4 is 0 Å². The quantitative estimate of drug-likeness (QED) is 0.535. The molecule has 0 aliphatic heterocycles. The Morgan fingerprint density at radius 2 is 1.67 bits per heavy atom. The third-order valence-electron chi connectivity index (χ3n) is 2.60. The van der Waals surface area contributed by atoms with E-state index >= 15 is 0 Å². The largest absolute Gasteiger partial charge is 0.264 e. The molecule has 3 rings (SSSR count). The maximum atomic E-state index is 4.16. The van der Waals surface area contributed by atoms with E-state index in [2.05, 4.69) is 35.3 Å². The number of fused-ring (bicyclic) bond motifs is 3. The van der Waals surface area contributed by atoms with E-state index in [1.807, 2.05) is 26.2 Å². The zero-order valence-corrected chi connectivity index (χ0v) is 9.20. The minimum absolute atomic E-state index is 1.06. The summed E-state index contributed by atoms with van der Waals surface area (Å²) in [7, 11) is 0. The smallest absolute Gasteiger partial charge is 0.0349 e. The second-order valence-electron chi connectivity index (χ2n) is 3.37. The molecule has 0 radical (unpaired) electrons. The van der Waals surface area contributed by atoms with Crippen molar-refractivity contribution in [2.75, 3.05) is 0 Å². The number of rotatable bonds is 0. The minimum atomic E-state index is 1.06. The summed E-state index contributed by atoms with van der Waals surface area (Å²) in [6.07, 6.45) is 4.89. The molecule has 0 unspecified atom stereocenters. The van der Waals surface area contributed by atoms with Crippen LogP contribution in [-0.4, -0.2) is 4.98 Å². The van der Waals surface area contributed by atoms with E-state index in [1.54, 1.807) is 0 Å². The Kier molecular flexibility index (Phi) is 2.82. The molecule has 1 aromatic carbocycles. The molecule has 1 aliphatic carbocycles. The fourth-order valence-electron chi connectivity index (χ4n) is 1.96. The first-order valence-corrected chi connectivity index (χ1v) is 5.46. The van der Waals surface area contributed by atoms with Gasteiger partial charge in [0.1, 0.15) is 0 Å². The third-order valence-corrected chi connectivity index (χ3v) is 2.60. The summed E-state index contributed by atoms with van der Waals surface area (Å²) in [5, 5.41) is 0. The second kappa shape index (κ2) is 4.26. The van der Waals surface area contributed by atoms with Gasteiger partial charge in [-0.25, -0.2) is 0 Å². The van der Waals surface area contributed by atoms with E-state index in [9.17, 15) is 0 Å². The molecule has 2 aromatic rings. The van der Waals surface area contributed by atoms with Gasteiger partial charge in [-0.1, -0.05) is 38.1 Å². The molecular formula is C14H15N. The molecule has 0 saturated heterocycles. The maximum Gasteiger partial charge on any atom is 0.0349 e. The van der Waals surface area contributed by atoms with Crippen LogP contribution in [-0.2, 0) is 6.42 Å². The summed E-state index contributed by atoms with van der Waals surface area (Å²) in [6, 6.07) is 10.6. The summed E-state index contributed by atoms with van der Waals surface area (Å²) in [4.78, 5) is 4.16. The first-order valence-electron chi connectivity index (χ1n) is 5.46. The molecular weight excluding hydrogens is 182 g/mol. The Labute approximate surface area is 90.8 Å². The summed E-state index contributed by atoms with van der Waals surface area (Å²) in [6.45, 7) is 4.00. The van der Waals surface area contributed by atoms with Gasteiger partial charge < -0.3 is 0 Å². The predicted octanol–water partition coefficient (Wildman–Crippen LogP) is 3.68. The van der Waals surface area contributed by atoms with Crippen molar-refractivity contribution in [2.45, 2.75) is 20.3 Å². The van der Waals surface area contributed by atoms with Crippen LogP contribution >= 0.6 is 0 Å². The van der Waals surface area contributed by atoms with E-state index in [-0.39, 0.29) is 0 Å². The molecule has 1 aliphatic rings. The first kappa shape index (κ1) is 9.91. The third kappa shape index (κ3) is 1.65. The monoisotopic (exact) mass is 197 g/mol. The van der Waals surface area contributed by atoms with Crippen LogP contribution in [0.2, 0.25) is 0 Å². The fourth-order valence-corrected chi connectivity index (χ4v) is 1.96. The SMILES string of the molecule is CC.c1ccc2c(c1)Cc1ccncc1-2. The van der Waals surface area contributed by atoms with Gasteiger partial charge in [-0.3, -0.25) is 4.98 Å². The molecule has 0 fully saturated rings. The lowest BCUT2D eigenvalue weighted by atomic mass is 10.1. The molecule has 15 heavy (non-hydrogen) atoms. The Hall–Kier alpha value is -1.63. The van der Waals surface area contributed by atoms with Crippen LogP contribution in [0.3, 0.4) is 0 Å². The van der Waals surface area contributed by atoms with Crippen LogP contribution in [0.25, 0.3) is 11.1 Å². The topological polar surface area (TPSA) is 12.9 Å². The van der Waals surface area contributed by atoms with Gasteiger partial charge in [0.05, 0.1) is 0 Å². The Bertz CT molecular complexity index is 417. The van der Waals surface area contributed by atoms with Crippen molar-refractivity contribution in [3.05, 3.63) is 53.9 Å². The molecule has 1 heterocycles. The molecule has 1 heteroatoms. The molecule has 76 valence electrons. The number of nitrogens with zero attached hydrogens (tertiary/aromatic N) is 1. The molecule has 1 aromatic heterocycles. The molecule has 0 atom stereocenters. The van der Waals surface area contributed by atoms with Crippen molar-refractivity contribution in [2.24, 2.45) is 0 Å². The highest BCUT2D eigenvalue weighted by Gasteiger charge is 2.16. The summed E-state index contributed by atoms with van der Waals surface area (Å²) in [5.74, 6) is 0. The van der Waals surface area contributed by atoms with Crippen molar-refractivity contribution in [3.63, 3.8) is 0 Å². The van der Waals surface area contributed by atoms with Crippen LogP contribution in [0.4, 0.5) is 0 Å². The van der Waals surface area contributed by atoms with Crippen LogP contribution in [0, 0.1) is 0 Å². The zero-order valence-electron chi connectivity index (χ0n) is 9.20. The Morgan fingerprint density at radius 3 is 2.53 bits per heavy atom. The van der Waals surface area contributed by atoms with Crippen molar-refractivity contribution in [1.29, 1.82) is 0 Å². The van der Waals surface area contributed by atoms with Crippen LogP contribution in [0.5, 0.6) is 0 Å². The van der Waals surface area contributed by atoms with E-state index in [1.165, 1.54) is 22.3 Å². The van der Waals surface area contributed by atoms with Gasteiger partial charge in [0.15, 0.2) is 0 Å².